The van der Waals surface area contributed by atoms with Crippen molar-refractivity contribution in [3.8, 4) is 5.75 Å². The van der Waals surface area contributed by atoms with Gasteiger partial charge in [0.05, 0.1) is 43.4 Å². The lowest BCUT2D eigenvalue weighted by molar-refractivity contribution is -0.941. The summed E-state index contributed by atoms with van der Waals surface area (Å²) in [7, 11) is 0.242. The number of piperazine rings is 3. The van der Waals surface area contributed by atoms with Gasteiger partial charge in [-0.15, -0.1) is 6.10 Å². The van der Waals surface area contributed by atoms with Crippen molar-refractivity contribution in [3.05, 3.63) is 53.6 Å². The van der Waals surface area contributed by atoms with E-state index in [2.05, 4.69) is 18.7 Å². The lowest BCUT2D eigenvalue weighted by atomic mass is 9.68. The number of anilines is 1. The van der Waals surface area contributed by atoms with E-state index in [1.165, 1.54) is 50.3 Å². The second kappa shape index (κ2) is 14.1. The van der Waals surface area contributed by atoms with Gasteiger partial charge in [-0.05, 0) is 78.5 Å². The lowest BCUT2D eigenvalue weighted by Gasteiger charge is -2.50. The third kappa shape index (κ3) is 7.14. The highest BCUT2D eigenvalue weighted by atomic mass is 32.2. The molecule has 2 aromatic carbocycles. The summed E-state index contributed by atoms with van der Waals surface area (Å²) in [6.45, 7) is 13.7. The summed E-state index contributed by atoms with van der Waals surface area (Å²) < 4.78 is 35.7. The number of unbranched alkanes of at least 4 members (excludes halogenated alkanes) is 3. The molecule has 0 N–H and O–H groups in total. The number of hydrogen-bond acceptors (Lipinski definition) is 6. The molecule has 0 aliphatic carbocycles. The second-order valence-electron chi connectivity index (χ2n) is 14.0. The maximum absolute atomic E-state index is 15.0. The Morgan fingerprint density at radius 1 is 0.955 bits per heavy atom. The molecule has 0 radical (unpaired) electrons. The van der Waals surface area contributed by atoms with Crippen LogP contribution < -0.4 is 14.7 Å². The van der Waals surface area contributed by atoms with E-state index in [0.717, 1.165) is 55.5 Å². The SMILES string of the molecule is CCCCC1(CCCC)CS(=O)(=O)c2ccc(N(C)C)cc2[C@@H](c2cccc(OCCCC[N+]34CCN(CC3)CC4)c2)[C@H]1[O-]. The van der Waals surface area contributed by atoms with Crippen LogP contribution in [0.25, 0.3) is 0 Å². The van der Waals surface area contributed by atoms with Crippen LogP contribution in [-0.2, 0) is 9.84 Å². The van der Waals surface area contributed by atoms with Crippen LogP contribution in [0.4, 0.5) is 5.69 Å². The molecule has 3 saturated heterocycles. The molecule has 6 rings (SSSR count). The highest BCUT2D eigenvalue weighted by Gasteiger charge is 2.45. The van der Waals surface area contributed by atoms with Crippen LogP contribution in [0.2, 0.25) is 0 Å². The second-order valence-corrected chi connectivity index (χ2v) is 16.0. The van der Waals surface area contributed by atoms with E-state index in [9.17, 15) is 13.5 Å². The molecule has 0 aromatic heterocycles. The van der Waals surface area contributed by atoms with Crippen LogP contribution in [0, 0.1) is 5.41 Å². The Hall–Kier alpha value is -2.13. The fourth-order valence-corrected chi connectivity index (χ4v) is 10.2. The van der Waals surface area contributed by atoms with Crippen LogP contribution in [0.1, 0.15) is 82.3 Å². The van der Waals surface area contributed by atoms with E-state index in [0.29, 0.717) is 29.9 Å². The lowest BCUT2D eigenvalue weighted by Crippen LogP contribution is -2.67. The van der Waals surface area contributed by atoms with E-state index in [-0.39, 0.29) is 5.75 Å². The molecule has 44 heavy (non-hydrogen) atoms. The molecule has 4 aliphatic rings. The molecular formula is C36H55N3O4S. The van der Waals surface area contributed by atoms with Gasteiger partial charge in [0, 0.05) is 39.4 Å². The number of sulfone groups is 1. The summed E-state index contributed by atoms with van der Waals surface area (Å²) in [5.74, 6) is 0.110. The van der Waals surface area contributed by atoms with Crippen molar-refractivity contribution in [2.75, 3.05) is 77.2 Å². The highest BCUT2D eigenvalue weighted by Crippen LogP contribution is 2.49. The third-order valence-corrected chi connectivity index (χ3v) is 12.8. The molecule has 4 aliphatic heterocycles. The molecule has 0 unspecified atom stereocenters. The standard InChI is InChI=1S/C36H55N3O4S/c1-5-7-16-36(17-8-6-2)28-44(41,42)33-15-14-30(37(3)4)27-32(33)34(35(36)40)29-12-11-13-31(26-29)43-25-10-9-21-39-22-18-38(19-23-39)20-24-39/h11-15,26-27,34-35H,5-10,16-25,28H2,1-4H3/t34-,35-/m1/s1. The maximum atomic E-state index is 15.0. The zero-order valence-corrected chi connectivity index (χ0v) is 28.4. The Kier molecular flexibility index (Phi) is 10.7. The van der Waals surface area contributed by atoms with E-state index in [4.69, 9.17) is 4.74 Å². The first kappa shape index (κ1) is 33.2. The summed E-state index contributed by atoms with van der Waals surface area (Å²) in [6, 6.07) is 13.5. The maximum Gasteiger partial charge on any atom is 0.179 e. The molecule has 0 saturated carbocycles. The van der Waals surface area contributed by atoms with Gasteiger partial charge in [-0.1, -0.05) is 51.7 Å². The fraction of sp³-hybridized carbons (Fsp3) is 0.667. The number of quaternary nitrogens is 1. The van der Waals surface area contributed by atoms with Gasteiger partial charge in [0.15, 0.2) is 9.84 Å². The zero-order chi connectivity index (χ0) is 31.4. The van der Waals surface area contributed by atoms with Crippen molar-refractivity contribution in [1.82, 2.24) is 4.90 Å². The number of ether oxygens (including phenoxy) is 1. The average molecular weight is 626 g/mol. The molecule has 2 aromatic rings. The molecule has 7 nitrogen and oxygen atoms in total. The summed E-state index contributed by atoms with van der Waals surface area (Å²) in [5.41, 5.74) is 1.58. The predicted molar refractivity (Wildman–Crippen MR) is 177 cm³/mol. The van der Waals surface area contributed by atoms with Gasteiger partial charge in [-0.2, -0.15) is 0 Å². The molecule has 0 spiro atoms. The molecule has 3 fully saturated rings. The van der Waals surface area contributed by atoms with E-state index in [1.807, 2.05) is 55.4 Å². The molecular weight excluding hydrogens is 570 g/mol. The molecule has 0 amide bonds. The van der Waals surface area contributed by atoms with Crippen LogP contribution in [0.5, 0.6) is 5.75 Å². The van der Waals surface area contributed by atoms with Gasteiger partial charge >= 0.3 is 0 Å². The summed E-state index contributed by atoms with van der Waals surface area (Å²) in [4.78, 5) is 4.88. The van der Waals surface area contributed by atoms with Crippen molar-refractivity contribution in [1.29, 1.82) is 0 Å². The minimum absolute atomic E-state index is 0.0762. The molecule has 2 bridgehead atoms. The van der Waals surface area contributed by atoms with Crippen molar-refractivity contribution < 1.29 is 22.7 Å². The Bertz CT molecular complexity index is 1330. The first-order valence-corrected chi connectivity index (χ1v) is 18.8. The number of fused-ring (bicyclic) bond motifs is 4. The Balaban J connectivity index is 1.42. The highest BCUT2D eigenvalue weighted by molar-refractivity contribution is 7.91. The number of rotatable bonds is 14. The predicted octanol–water partition coefficient (Wildman–Crippen LogP) is 5.07. The van der Waals surface area contributed by atoms with Gasteiger partial charge < -0.3 is 19.2 Å². The van der Waals surface area contributed by atoms with Gasteiger partial charge in [-0.3, -0.25) is 4.90 Å². The number of nitrogens with zero attached hydrogens (tertiary/aromatic N) is 3. The van der Waals surface area contributed by atoms with Crippen molar-refractivity contribution in [2.45, 2.75) is 82.1 Å². The number of benzene rings is 2. The van der Waals surface area contributed by atoms with Crippen molar-refractivity contribution in [2.24, 2.45) is 5.41 Å². The largest absolute Gasteiger partial charge is 0.851 e. The Morgan fingerprint density at radius 3 is 2.27 bits per heavy atom. The van der Waals surface area contributed by atoms with Gasteiger partial charge in [-0.25, -0.2) is 8.42 Å². The normalized spacial score (nSPS) is 27.0. The van der Waals surface area contributed by atoms with Crippen LogP contribution >= 0.6 is 0 Å². The number of hydrogen-bond donors (Lipinski definition) is 0. The molecule has 2 atom stereocenters. The van der Waals surface area contributed by atoms with Gasteiger partial charge in [0.25, 0.3) is 0 Å². The third-order valence-electron chi connectivity index (χ3n) is 10.8. The smallest absolute Gasteiger partial charge is 0.179 e. The van der Waals surface area contributed by atoms with Crippen LogP contribution in [0.3, 0.4) is 0 Å². The zero-order valence-electron chi connectivity index (χ0n) is 27.6. The van der Waals surface area contributed by atoms with E-state index < -0.39 is 27.3 Å². The Labute approximate surface area is 266 Å². The van der Waals surface area contributed by atoms with Gasteiger partial charge in [0.2, 0.25) is 0 Å². The molecule has 244 valence electrons. The first-order chi connectivity index (χ1) is 21.1. The van der Waals surface area contributed by atoms with Crippen LogP contribution in [0.15, 0.2) is 47.4 Å². The van der Waals surface area contributed by atoms with Crippen LogP contribution in [-0.4, -0.2) is 96.2 Å². The summed E-state index contributed by atoms with van der Waals surface area (Å²) in [5, 5.41) is 15.0. The summed E-state index contributed by atoms with van der Waals surface area (Å²) in [6.07, 6.45) is 5.93. The fourth-order valence-electron chi connectivity index (χ4n) is 7.97. The minimum atomic E-state index is -3.66. The topological polar surface area (TPSA) is 72.9 Å². The van der Waals surface area contributed by atoms with Gasteiger partial charge in [0.1, 0.15) is 5.75 Å². The van der Waals surface area contributed by atoms with Crippen molar-refractivity contribution >= 4 is 15.5 Å². The van der Waals surface area contributed by atoms with E-state index >= 15 is 0 Å². The monoisotopic (exact) mass is 625 g/mol. The quantitative estimate of drug-likeness (QED) is 0.216. The molecule has 4 heterocycles. The van der Waals surface area contributed by atoms with Crippen molar-refractivity contribution in [3.63, 3.8) is 0 Å². The first-order valence-electron chi connectivity index (χ1n) is 17.1. The molecule has 8 heteroatoms. The summed E-state index contributed by atoms with van der Waals surface area (Å²) >= 11 is 0. The van der Waals surface area contributed by atoms with E-state index in [1.54, 1.807) is 6.07 Å². The Morgan fingerprint density at radius 2 is 1.64 bits per heavy atom. The minimum Gasteiger partial charge on any atom is -0.851 e. The average Bonchev–Trinajstić information content (AvgIpc) is 3.09.